The minimum atomic E-state index is -0.657. The van der Waals surface area contributed by atoms with Crippen molar-refractivity contribution >= 4 is 17.5 Å². The topological polar surface area (TPSA) is 95.7 Å². The third-order valence-electron chi connectivity index (χ3n) is 2.37. The zero-order valence-corrected chi connectivity index (χ0v) is 8.43. The second kappa shape index (κ2) is 3.82. The molecule has 6 nitrogen and oxygen atoms in total. The lowest BCUT2D eigenvalue weighted by molar-refractivity contribution is -0.127. The van der Waals surface area contributed by atoms with Gasteiger partial charge < -0.3 is 10.8 Å². The van der Waals surface area contributed by atoms with Gasteiger partial charge in [0.15, 0.2) is 0 Å². The number of aliphatic hydroxyl groups is 1. The molecule has 0 atom stereocenters. The molecule has 0 unspecified atom stereocenters. The number of hydrogen-bond acceptors (Lipinski definition) is 4. The lowest BCUT2D eigenvalue weighted by Gasteiger charge is -2.15. The Kier molecular flexibility index (Phi) is 2.49. The summed E-state index contributed by atoms with van der Waals surface area (Å²) in [6.07, 6.45) is 0. The molecule has 1 heterocycles. The van der Waals surface area contributed by atoms with E-state index in [2.05, 4.69) is 5.43 Å². The monoisotopic (exact) mass is 221 g/mol. The number of carbonyl (C=O) groups excluding carboxylic acids is 2. The van der Waals surface area contributed by atoms with Gasteiger partial charge in [-0.25, -0.2) is 5.01 Å². The standard InChI is InChI=1S/C10H11N3O3/c11-7-3-1-2-6-4-13(10(16)9(6)7)12-8(15)5-14/h1-3,14H,4-5,11H2,(H,12,15). The number of aliphatic hydroxyl groups excluding tert-OH is 1. The van der Waals surface area contributed by atoms with E-state index in [0.29, 0.717) is 11.3 Å². The van der Waals surface area contributed by atoms with Crippen molar-refractivity contribution in [1.29, 1.82) is 0 Å². The van der Waals surface area contributed by atoms with E-state index >= 15 is 0 Å². The van der Waals surface area contributed by atoms with Gasteiger partial charge in [0.1, 0.15) is 6.61 Å². The number of rotatable bonds is 2. The van der Waals surface area contributed by atoms with E-state index in [1.807, 2.05) is 0 Å². The van der Waals surface area contributed by atoms with Gasteiger partial charge in [-0.15, -0.1) is 0 Å². The molecule has 1 aliphatic heterocycles. The van der Waals surface area contributed by atoms with Crippen molar-refractivity contribution in [3.05, 3.63) is 29.3 Å². The number of nitrogens with zero attached hydrogens (tertiary/aromatic N) is 1. The first-order valence-electron chi connectivity index (χ1n) is 4.73. The Bertz CT molecular complexity index is 459. The van der Waals surface area contributed by atoms with Gasteiger partial charge in [-0.3, -0.25) is 15.0 Å². The Morgan fingerprint density at radius 1 is 1.56 bits per heavy atom. The molecule has 4 N–H and O–H groups in total. The molecule has 0 spiro atoms. The summed E-state index contributed by atoms with van der Waals surface area (Å²) in [5, 5.41) is 9.72. The van der Waals surface area contributed by atoms with Crippen LogP contribution >= 0.6 is 0 Å². The van der Waals surface area contributed by atoms with Gasteiger partial charge in [-0.1, -0.05) is 12.1 Å². The second-order valence-corrected chi connectivity index (χ2v) is 3.47. The molecule has 0 saturated heterocycles. The zero-order chi connectivity index (χ0) is 11.7. The summed E-state index contributed by atoms with van der Waals surface area (Å²) in [7, 11) is 0. The molecule has 0 aliphatic carbocycles. The fourth-order valence-corrected chi connectivity index (χ4v) is 1.67. The molecular weight excluding hydrogens is 210 g/mol. The second-order valence-electron chi connectivity index (χ2n) is 3.47. The van der Waals surface area contributed by atoms with Crippen LogP contribution in [0.1, 0.15) is 15.9 Å². The summed E-state index contributed by atoms with van der Waals surface area (Å²) in [6, 6.07) is 5.15. The van der Waals surface area contributed by atoms with E-state index in [9.17, 15) is 9.59 Å². The highest BCUT2D eigenvalue weighted by Gasteiger charge is 2.30. The molecule has 2 rings (SSSR count). The van der Waals surface area contributed by atoms with Crippen LogP contribution < -0.4 is 11.2 Å². The molecule has 84 valence electrons. The van der Waals surface area contributed by atoms with Gasteiger partial charge in [0.25, 0.3) is 11.8 Å². The van der Waals surface area contributed by atoms with Crippen LogP contribution in [0.25, 0.3) is 0 Å². The van der Waals surface area contributed by atoms with Gasteiger partial charge in [-0.2, -0.15) is 0 Å². The van der Waals surface area contributed by atoms with Crippen LogP contribution in [0.15, 0.2) is 18.2 Å². The van der Waals surface area contributed by atoms with E-state index in [-0.39, 0.29) is 12.5 Å². The number of nitrogens with two attached hydrogens (primary N) is 1. The number of hydrazine groups is 1. The number of nitrogen functional groups attached to an aromatic ring is 1. The molecule has 1 aliphatic rings. The van der Waals surface area contributed by atoms with Gasteiger partial charge in [0, 0.05) is 5.69 Å². The average molecular weight is 221 g/mol. The third-order valence-corrected chi connectivity index (χ3v) is 2.37. The Morgan fingerprint density at radius 2 is 2.31 bits per heavy atom. The highest BCUT2D eigenvalue weighted by molar-refractivity contribution is 6.03. The van der Waals surface area contributed by atoms with Crippen molar-refractivity contribution in [3.63, 3.8) is 0 Å². The summed E-state index contributed by atoms with van der Waals surface area (Å²) < 4.78 is 0. The largest absolute Gasteiger partial charge is 0.398 e. The number of hydrogen-bond donors (Lipinski definition) is 3. The summed E-state index contributed by atoms with van der Waals surface area (Å²) >= 11 is 0. The SMILES string of the molecule is Nc1cccc2c1C(=O)N(NC(=O)CO)C2. The minimum absolute atomic E-state index is 0.269. The molecule has 0 bridgehead atoms. The molecular formula is C10H11N3O3. The Morgan fingerprint density at radius 3 is 2.94 bits per heavy atom. The van der Waals surface area contributed by atoms with E-state index in [1.54, 1.807) is 18.2 Å². The van der Waals surface area contributed by atoms with Crippen molar-refractivity contribution in [2.24, 2.45) is 0 Å². The Hall–Kier alpha value is -2.08. The van der Waals surface area contributed by atoms with Crippen molar-refractivity contribution in [2.75, 3.05) is 12.3 Å². The molecule has 0 fully saturated rings. The summed E-state index contributed by atoms with van der Waals surface area (Å²) in [5.74, 6) is -0.977. The summed E-state index contributed by atoms with van der Waals surface area (Å²) in [6.45, 7) is -0.388. The van der Waals surface area contributed by atoms with E-state index < -0.39 is 12.5 Å². The molecule has 2 amide bonds. The quantitative estimate of drug-likeness (QED) is 0.572. The maximum absolute atomic E-state index is 11.8. The first-order chi connectivity index (χ1) is 7.63. The van der Waals surface area contributed by atoms with Gasteiger partial charge >= 0.3 is 0 Å². The molecule has 1 aromatic carbocycles. The van der Waals surface area contributed by atoms with Crippen LogP contribution in [0.3, 0.4) is 0 Å². The maximum atomic E-state index is 11.8. The van der Waals surface area contributed by atoms with E-state index in [1.165, 1.54) is 0 Å². The summed E-state index contributed by atoms with van der Waals surface area (Å²) in [5.41, 5.74) is 9.55. The number of anilines is 1. The van der Waals surface area contributed by atoms with Crippen LogP contribution in [0.5, 0.6) is 0 Å². The highest BCUT2D eigenvalue weighted by Crippen LogP contribution is 2.25. The van der Waals surface area contributed by atoms with Crippen molar-refractivity contribution in [2.45, 2.75) is 6.54 Å². The first kappa shape index (κ1) is 10.4. The average Bonchev–Trinajstić information content (AvgIpc) is 2.57. The van der Waals surface area contributed by atoms with Crippen molar-refractivity contribution < 1.29 is 14.7 Å². The number of carbonyl (C=O) groups is 2. The predicted molar refractivity (Wildman–Crippen MR) is 56.0 cm³/mol. The lowest BCUT2D eigenvalue weighted by Crippen LogP contribution is -2.43. The smallest absolute Gasteiger partial charge is 0.275 e. The molecule has 0 aromatic heterocycles. The van der Waals surface area contributed by atoms with E-state index in [4.69, 9.17) is 10.8 Å². The number of fused-ring (bicyclic) bond motifs is 1. The normalized spacial score (nSPS) is 13.8. The Labute approximate surface area is 91.6 Å². The van der Waals surface area contributed by atoms with E-state index in [0.717, 1.165) is 10.6 Å². The lowest BCUT2D eigenvalue weighted by atomic mass is 10.1. The number of benzene rings is 1. The molecule has 16 heavy (non-hydrogen) atoms. The summed E-state index contributed by atoms with van der Waals surface area (Å²) in [4.78, 5) is 22.8. The van der Waals surface area contributed by atoms with Crippen LogP contribution in [0, 0.1) is 0 Å². The molecule has 0 radical (unpaired) electrons. The molecule has 1 aromatic rings. The maximum Gasteiger partial charge on any atom is 0.275 e. The number of amides is 2. The fourth-order valence-electron chi connectivity index (χ4n) is 1.67. The van der Waals surface area contributed by atoms with Crippen molar-refractivity contribution in [3.8, 4) is 0 Å². The zero-order valence-electron chi connectivity index (χ0n) is 8.43. The third kappa shape index (κ3) is 1.59. The number of nitrogens with one attached hydrogen (secondary N) is 1. The van der Waals surface area contributed by atoms with Gasteiger partial charge in [0.05, 0.1) is 12.1 Å². The van der Waals surface area contributed by atoms with Crippen LogP contribution in [-0.2, 0) is 11.3 Å². The fraction of sp³-hybridized carbons (Fsp3) is 0.200. The highest BCUT2D eigenvalue weighted by atomic mass is 16.3. The molecule has 0 saturated carbocycles. The van der Waals surface area contributed by atoms with Crippen LogP contribution in [0.4, 0.5) is 5.69 Å². The first-order valence-corrected chi connectivity index (χ1v) is 4.73. The van der Waals surface area contributed by atoms with Crippen molar-refractivity contribution in [1.82, 2.24) is 10.4 Å². The van der Waals surface area contributed by atoms with Gasteiger partial charge in [-0.05, 0) is 11.6 Å². The molecule has 6 heteroatoms. The Balaban J connectivity index is 2.25. The van der Waals surface area contributed by atoms with Crippen LogP contribution in [0.2, 0.25) is 0 Å². The van der Waals surface area contributed by atoms with Gasteiger partial charge in [0.2, 0.25) is 0 Å². The minimum Gasteiger partial charge on any atom is -0.398 e. The predicted octanol–water partition coefficient (Wildman–Crippen LogP) is -0.752. The van der Waals surface area contributed by atoms with Crippen LogP contribution in [-0.4, -0.2) is 28.5 Å².